The third kappa shape index (κ3) is 1.71. The number of benzene rings is 1. The largest absolute Gasteiger partial charge is 0.206 e. The third-order valence-corrected chi connectivity index (χ3v) is 2.74. The van der Waals surface area contributed by atoms with Crippen LogP contribution in [-0.4, -0.2) is 0 Å². The molecule has 0 radical (unpaired) electrons. The standard InChI is InChI=1S/C6H2Br2ClF/c7-3-1-4(9)6(8)5(10)2-3/h1-2H. The molecule has 0 nitrogen and oxygen atoms in total. The van der Waals surface area contributed by atoms with Gasteiger partial charge in [-0.2, -0.15) is 0 Å². The molecule has 0 saturated heterocycles. The van der Waals surface area contributed by atoms with Crippen LogP contribution in [0.25, 0.3) is 0 Å². The quantitative estimate of drug-likeness (QED) is 0.500. The van der Waals surface area contributed by atoms with Crippen LogP contribution < -0.4 is 0 Å². The Morgan fingerprint density at radius 2 is 1.90 bits per heavy atom. The van der Waals surface area contributed by atoms with Crippen molar-refractivity contribution in [2.45, 2.75) is 0 Å². The summed E-state index contributed by atoms with van der Waals surface area (Å²) in [4.78, 5) is 0. The van der Waals surface area contributed by atoms with Gasteiger partial charge in [0.25, 0.3) is 0 Å². The van der Waals surface area contributed by atoms with E-state index < -0.39 is 0 Å². The highest BCUT2D eigenvalue weighted by atomic mass is 79.9. The topological polar surface area (TPSA) is 0 Å². The molecule has 1 rings (SSSR count). The minimum atomic E-state index is -0.362. The van der Waals surface area contributed by atoms with Crippen molar-refractivity contribution in [3.63, 3.8) is 0 Å². The molecule has 0 aliphatic rings. The van der Waals surface area contributed by atoms with E-state index in [2.05, 4.69) is 31.9 Å². The zero-order valence-electron chi connectivity index (χ0n) is 4.67. The fourth-order valence-corrected chi connectivity index (χ4v) is 1.52. The molecule has 0 fully saturated rings. The Hall–Kier alpha value is 0.400. The molecule has 0 bridgehead atoms. The van der Waals surface area contributed by atoms with E-state index in [-0.39, 0.29) is 5.82 Å². The molecule has 0 unspecified atom stereocenters. The molecule has 0 N–H and O–H groups in total. The average molecular weight is 288 g/mol. The van der Waals surface area contributed by atoms with Crippen LogP contribution in [0.1, 0.15) is 0 Å². The lowest BCUT2D eigenvalue weighted by molar-refractivity contribution is 0.620. The number of halogens is 4. The van der Waals surface area contributed by atoms with Gasteiger partial charge in [-0.05, 0) is 28.1 Å². The van der Waals surface area contributed by atoms with Gasteiger partial charge in [0.2, 0.25) is 0 Å². The molecule has 4 heteroatoms. The van der Waals surface area contributed by atoms with Crippen molar-refractivity contribution in [2.75, 3.05) is 0 Å². The summed E-state index contributed by atoms with van der Waals surface area (Å²) in [5, 5.41) is 0.367. The molecular weight excluding hydrogens is 286 g/mol. The Kier molecular flexibility index (Phi) is 2.72. The van der Waals surface area contributed by atoms with Crippen LogP contribution in [0.2, 0.25) is 5.02 Å². The van der Waals surface area contributed by atoms with Gasteiger partial charge < -0.3 is 0 Å². The van der Waals surface area contributed by atoms with E-state index in [4.69, 9.17) is 11.6 Å². The van der Waals surface area contributed by atoms with Crippen LogP contribution in [0.4, 0.5) is 4.39 Å². The fraction of sp³-hybridized carbons (Fsp3) is 0. The monoisotopic (exact) mass is 286 g/mol. The Morgan fingerprint density at radius 1 is 1.30 bits per heavy atom. The lowest BCUT2D eigenvalue weighted by Crippen LogP contribution is -1.77. The first-order chi connectivity index (χ1) is 4.61. The molecule has 0 aromatic heterocycles. The molecule has 0 aliphatic carbocycles. The molecule has 0 amide bonds. The number of hydrogen-bond donors (Lipinski definition) is 0. The molecule has 0 atom stereocenters. The van der Waals surface area contributed by atoms with Crippen molar-refractivity contribution in [1.29, 1.82) is 0 Å². The van der Waals surface area contributed by atoms with Gasteiger partial charge in [0.15, 0.2) is 0 Å². The van der Waals surface area contributed by atoms with Gasteiger partial charge in [-0.3, -0.25) is 0 Å². The maximum atomic E-state index is 12.7. The Bertz CT molecular complexity index is 239. The van der Waals surface area contributed by atoms with Crippen LogP contribution >= 0.6 is 43.5 Å². The second-order valence-corrected chi connectivity index (χ2v) is 3.80. The molecule has 10 heavy (non-hydrogen) atoms. The summed E-state index contributed by atoms with van der Waals surface area (Å²) in [6, 6.07) is 2.96. The van der Waals surface area contributed by atoms with Crippen molar-refractivity contribution in [1.82, 2.24) is 0 Å². The first-order valence-corrected chi connectivity index (χ1v) is 4.37. The van der Waals surface area contributed by atoms with Gasteiger partial charge in [-0.15, -0.1) is 0 Å². The van der Waals surface area contributed by atoms with Gasteiger partial charge in [-0.1, -0.05) is 27.5 Å². The van der Waals surface area contributed by atoms with Crippen molar-refractivity contribution < 1.29 is 4.39 Å². The molecular formula is C6H2Br2ClF. The second-order valence-electron chi connectivity index (χ2n) is 1.68. The van der Waals surface area contributed by atoms with E-state index in [0.717, 1.165) is 0 Å². The second kappa shape index (κ2) is 3.20. The van der Waals surface area contributed by atoms with Gasteiger partial charge in [-0.25, -0.2) is 4.39 Å². The van der Waals surface area contributed by atoms with E-state index in [1.54, 1.807) is 6.07 Å². The molecule has 0 aliphatic heterocycles. The van der Waals surface area contributed by atoms with E-state index >= 15 is 0 Å². The zero-order valence-corrected chi connectivity index (χ0v) is 8.59. The normalized spacial score (nSPS) is 10.0. The first-order valence-electron chi connectivity index (χ1n) is 2.41. The molecule has 0 spiro atoms. The summed E-state index contributed by atoms with van der Waals surface area (Å²) < 4.78 is 13.6. The molecule has 1 aromatic carbocycles. The van der Waals surface area contributed by atoms with Crippen LogP contribution in [0, 0.1) is 5.82 Å². The van der Waals surface area contributed by atoms with E-state index in [1.165, 1.54) is 6.07 Å². The van der Waals surface area contributed by atoms with E-state index in [1.807, 2.05) is 0 Å². The van der Waals surface area contributed by atoms with Gasteiger partial charge in [0.1, 0.15) is 5.82 Å². The molecule has 54 valence electrons. The minimum absolute atomic E-state index is 0.303. The summed E-state index contributed by atoms with van der Waals surface area (Å²) in [5.41, 5.74) is 0. The average Bonchev–Trinajstić information content (AvgIpc) is 1.82. The smallest absolute Gasteiger partial charge is 0.140 e. The number of rotatable bonds is 0. The lowest BCUT2D eigenvalue weighted by Gasteiger charge is -1.97. The highest BCUT2D eigenvalue weighted by molar-refractivity contribution is 9.11. The summed E-state index contributed by atoms with van der Waals surface area (Å²) in [5.74, 6) is -0.362. The zero-order chi connectivity index (χ0) is 7.72. The van der Waals surface area contributed by atoms with Crippen LogP contribution in [0.15, 0.2) is 21.1 Å². The highest BCUT2D eigenvalue weighted by Crippen LogP contribution is 2.28. The Labute approximate surface area is 79.6 Å². The summed E-state index contributed by atoms with van der Waals surface area (Å²) in [7, 11) is 0. The summed E-state index contributed by atoms with van der Waals surface area (Å²) in [6.45, 7) is 0. The Morgan fingerprint density at radius 3 is 2.40 bits per heavy atom. The fourth-order valence-electron chi connectivity index (χ4n) is 0.525. The van der Waals surface area contributed by atoms with Crippen molar-refractivity contribution in [2.24, 2.45) is 0 Å². The molecule has 0 saturated carbocycles. The van der Waals surface area contributed by atoms with Gasteiger partial charge >= 0.3 is 0 Å². The van der Waals surface area contributed by atoms with E-state index in [0.29, 0.717) is 14.0 Å². The van der Waals surface area contributed by atoms with Crippen molar-refractivity contribution in [3.05, 3.63) is 31.9 Å². The predicted molar refractivity (Wildman–Crippen MR) is 46.8 cm³/mol. The maximum Gasteiger partial charge on any atom is 0.140 e. The lowest BCUT2D eigenvalue weighted by atomic mass is 10.3. The van der Waals surface area contributed by atoms with Crippen molar-refractivity contribution in [3.8, 4) is 0 Å². The maximum absolute atomic E-state index is 12.7. The predicted octanol–water partition coefficient (Wildman–Crippen LogP) is 4.00. The minimum Gasteiger partial charge on any atom is -0.206 e. The molecule has 0 heterocycles. The van der Waals surface area contributed by atoms with Crippen LogP contribution in [-0.2, 0) is 0 Å². The van der Waals surface area contributed by atoms with Crippen LogP contribution in [0.3, 0.4) is 0 Å². The van der Waals surface area contributed by atoms with Gasteiger partial charge in [0, 0.05) is 4.47 Å². The van der Waals surface area contributed by atoms with Crippen molar-refractivity contribution >= 4 is 43.5 Å². The Balaban J connectivity index is 3.31. The SMILES string of the molecule is Fc1cc(Br)cc(Cl)c1Br. The van der Waals surface area contributed by atoms with E-state index in [9.17, 15) is 4.39 Å². The first kappa shape index (κ1) is 8.50. The highest BCUT2D eigenvalue weighted by Gasteiger charge is 2.04. The molecule has 1 aromatic rings. The van der Waals surface area contributed by atoms with Gasteiger partial charge in [0.05, 0.1) is 9.50 Å². The summed E-state index contributed by atoms with van der Waals surface area (Å²) in [6.07, 6.45) is 0. The summed E-state index contributed by atoms with van der Waals surface area (Å²) >= 11 is 11.7. The third-order valence-electron chi connectivity index (χ3n) is 0.949. The van der Waals surface area contributed by atoms with Crippen LogP contribution in [0.5, 0.6) is 0 Å². The number of hydrogen-bond acceptors (Lipinski definition) is 0.